The third-order valence-corrected chi connectivity index (χ3v) is 3.04. The lowest BCUT2D eigenvalue weighted by Crippen LogP contribution is -2.22. The molecule has 1 aromatic carbocycles. The third kappa shape index (κ3) is 2.94. The van der Waals surface area contributed by atoms with Crippen LogP contribution >= 0.6 is 0 Å². The molecule has 0 aliphatic carbocycles. The van der Waals surface area contributed by atoms with Crippen molar-refractivity contribution in [2.75, 3.05) is 14.2 Å². The number of hydrogen-bond acceptors (Lipinski definition) is 3. The number of carbonyl (C=O) groups is 1. The summed E-state index contributed by atoms with van der Waals surface area (Å²) in [5, 5.41) is 8.95. The molecule has 0 heterocycles. The molecule has 0 saturated heterocycles. The molecule has 0 unspecified atom stereocenters. The van der Waals surface area contributed by atoms with Crippen molar-refractivity contribution in [1.29, 1.82) is 0 Å². The highest BCUT2D eigenvalue weighted by molar-refractivity contribution is 5.69. The summed E-state index contributed by atoms with van der Waals surface area (Å²) >= 11 is 0. The fraction of sp³-hybridized carbons (Fsp3) is 0.500. The molecule has 1 rings (SSSR count). The molecule has 0 aliphatic rings. The lowest BCUT2D eigenvalue weighted by molar-refractivity contribution is -0.138. The van der Waals surface area contributed by atoms with Crippen molar-refractivity contribution in [3.63, 3.8) is 0 Å². The van der Waals surface area contributed by atoms with Gasteiger partial charge in [0.15, 0.2) is 11.5 Å². The van der Waals surface area contributed by atoms with Gasteiger partial charge in [0.25, 0.3) is 0 Å². The Balaban J connectivity index is 3.26. The first kappa shape index (κ1) is 14.4. The number of benzene rings is 1. The summed E-state index contributed by atoms with van der Waals surface area (Å²) in [6.07, 6.45) is 0.0714. The highest BCUT2D eigenvalue weighted by Crippen LogP contribution is 2.37. The van der Waals surface area contributed by atoms with E-state index in [-0.39, 0.29) is 6.42 Å². The van der Waals surface area contributed by atoms with E-state index in [1.807, 2.05) is 32.9 Å². The van der Waals surface area contributed by atoms with Gasteiger partial charge < -0.3 is 14.6 Å². The zero-order valence-electron chi connectivity index (χ0n) is 11.5. The first-order valence-corrected chi connectivity index (χ1v) is 5.76. The Kier molecular flexibility index (Phi) is 4.22. The molecule has 0 fully saturated rings. The van der Waals surface area contributed by atoms with E-state index in [0.29, 0.717) is 11.5 Å². The van der Waals surface area contributed by atoms with Crippen LogP contribution in [0, 0.1) is 6.92 Å². The molecular formula is C14H20O4. The maximum Gasteiger partial charge on any atom is 0.304 e. The zero-order chi connectivity index (χ0) is 13.9. The van der Waals surface area contributed by atoms with Crippen LogP contribution in [0.5, 0.6) is 11.5 Å². The van der Waals surface area contributed by atoms with Gasteiger partial charge in [-0.2, -0.15) is 0 Å². The zero-order valence-corrected chi connectivity index (χ0v) is 11.5. The molecule has 4 heteroatoms. The second kappa shape index (κ2) is 5.29. The van der Waals surface area contributed by atoms with Gasteiger partial charge in [-0.25, -0.2) is 0 Å². The normalized spacial score (nSPS) is 11.2. The van der Waals surface area contributed by atoms with Gasteiger partial charge in [-0.1, -0.05) is 19.9 Å². The number of ether oxygens (including phenoxy) is 2. The van der Waals surface area contributed by atoms with Crippen LogP contribution in [0.1, 0.15) is 31.4 Å². The predicted octanol–water partition coefficient (Wildman–Crippen LogP) is 2.76. The maximum absolute atomic E-state index is 10.9. The standard InChI is InChI=1S/C14H20O4/c1-9-6-10(14(2,3)8-12(15)16)7-11(17-4)13(9)18-5/h6-7H,8H2,1-5H3,(H,15,16). The minimum atomic E-state index is -0.813. The average molecular weight is 252 g/mol. The van der Waals surface area contributed by atoms with Crippen LogP contribution in [0.4, 0.5) is 0 Å². The van der Waals surface area contributed by atoms with Crippen molar-refractivity contribution in [3.05, 3.63) is 23.3 Å². The second-order valence-corrected chi connectivity index (χ2v) is 4.98. The Labute approximate surface area is 108 Å². The fourth-order valence-electron chi connectivity index (χ4n) is 2.03. The minimum absolute atomic E-state index is 0.0714. The van der Waals surface area contributed by atoms with Gasteiger partial charge in [0.1, 0.15) is 0 Å². The highest BCUT2D eigenvalue weighted by Gasteiger charge is 2.26. The van der Waals surface area contributed by atoms with Gasteiger partial charge in [0.05, 0.1) is 20.6 Å². The lowest BCUT2D eigenvalue weighted by atomic mass is 9.81. The van der Waals surface area contributed by atoms with Crippen LogP contribution in [-0.2, 0) is 10.2 Å². The molecule has 0 atom stereocenters. The van der Waals surface area contributed by atoms with Gasteiger partial charge in [0, 0.05) is 5.41 Å². The monoisotopic (exact) mass is 252 g/mol. The van der Waals surface area contributed by atoms with Gasteiger partial charge in [0.2, 0.25) is 0 Å². The third-order valence-electron chi connectivity index (χ3n) is 3.04. The first-order chi connectivity index (χ1) is 8.31. The van der Waals surface area contributed by atoms with Crippen LogP contribution in [-0.4, -0.2) is 25.3 Å². The first-order valence-electron chi connectivity index (χ1n) is 5.76. The number of carboxylic acid groups (broad SMARTS) is 1. The summed E-state index contributed by atoms with van der Waals surface area (Å²) in [6, 6.07) is 3.79. The SMILES string of the molecule is COc1cc(C(C)(C)CC(=O)O)cc(C)c1OC. The number of aryl methyl sites for hydroxylation is 1. The van der Waals surface area contributed by atoms with E-state index >= 15 is 0 Å². The summed E-state index contributed by atoms with van der Waals surface area (Å²) in [5.41, 5.74) is 1.42. The van der Waals surface area contributed by atoms with E-state index in [9.17, 15) is 4.79 Å². The van der Waals surface area contributed by atoms with Crippen molar-refractivity contribution in [2.24, 2.45) is 0 Å². The highest BCUT2D eigenvalue weighted by atomic mass is 16.5. The number of carboxylic acids is 1. The smallest absolute Gasteiger partial charge is 0.304 e. The molecule has 1 N–H and O–H groups in total. The summed E-state index contributed by atoms with van der Waals surface area (Å²) in [5.74, 6) is 0.505. The predicted molar refractivity (Wildman–Crippen MR) is 69.6 cm³/mol. The van der Waals surface area contributed by atoms with E-state index in [0.717, 1.165) is 11.1 Å². The number of hydrogen-bond donors (Lipinski definition) is 1. The topological polar surface area (TPSA) is 55.8 Å². The van der Waals surface area contributed by atoms with Crippen LogP contribution < -0.4 is 9.47 Å². The molecule has 0 saturated carbocycles. The minimum Gasteiger partial charge on any atom is -0.493 e. The quantitative estimate of drug-likeness (QED) is 0.875. The summed E-state index contributed by atoms with van der Waals surface area (Å²) in [4.78, 5) is 10.9. The second-order valence-electron chi connectivity index (χ2n) is 4.98. The molecule has 18 heavy (non-hydrogen) atoms. The molecule has 0 spiro atoms. The van der Waals surface area contributed by atoms with E-state index in [2.05, 4.69) is 0 Å². The molecule has 1 aromatic rings. The fourth-order valence-corrected chi connectivity index (χ4v) is 2.03. The van der Waals surface area contributed by atoms with Crippen LogP contribution in [0.25, 0.3) is 0 Å². The van der Waals surface area contributed by atoms with E-state index < -0.39 is 11.4 Å². The Hall–Kier alpha value is -1.71. The molecule has 0 aromatic heterocycles. The van der Waals surface area contributed by atoms with Crippen molar-refractivity contribution >= 4 is 5.97 Å². The summed E-state index contributed by atoms with van der Waals surface area (Å²) in [7, 11) is 3.16. The molecule has 0 aliphatic heterocycles. The van der Waals surface area contributed by atoms with Gasteiger partial charge >= 0.3 is 5.97 Å². The van der Waals surface area contributed by atoms with Crippen LogP contribution in [0.2, 0.25) is 0 Å². The molecule has 0 amide bonds. The van der Waals surface area contributed by atoms with E-state index in [4.69, 9.17) is 14.6 Å². The molecule has 0 bridgehead atoms. The number of rotatable bonds is 5. The van der Waals surface area contributed by atoms with Crippen molar-refractivity contribution in [1.82, 2.24) is 0 Å². The summed E-state index contributed by atoms with van der Waals surface area (Å²) in [6.45, 7) is 5.73. The van der Waals surface area contributed by atoms with Gasteiger partial charge in [-0.15, -0.1) is 0 Å². The van der Waals surface area contributed by atoms with Crippen LogP contribution in [0.15, 0.2) is 12.1 Å². The maximum atomic E-state index is 10.9. The number of aliphatic carboxylic acids is 1. The largest absolute Gasteiger partial charge is 0.493 e. The Morgan fingerprint density at radius 2 is 1.89 bits per heavy atom. The molecule has 0 radical (unpaired) electrons. The van der Waals surface area contributed by atoms with Gasteiger partial charge in [-0.05, 0) is 24.1 Å². The Bertz CT molecular complexity index is 449. The van der Waals surface area contributed by atoms with Crippen LogP contribution in [0.3, 0.4) is 0 Å². The molecule has 100 valence electrons. The van der Waals surface area contributed by atoms with E-state index in [1.165, 1.54) is 0 Å². The summed E-state index contributed by atoms with van der Waals surface area (Å²) < 4.78 is 10.6. The van der Waals surface area contributed by atoms with Crippen molar-refractivity contribution < 1.29 is 19.4 Å². The van der Waals surface area contributed by atoms with Crippen molar-refractivity contribution in [3.8, 4) is 11.5 Å². The van der Waals surface area contributed by atoms with Gasteiger partial charge in [-0.3, -0.25) is 4.79 Å². The number of methoxy groups -OCH3 is 2. The Morgan fingerprint density at radius 1 is 1.28 bits per heavy atom. The molecular weight excluding hydrogens is 232 g/mol. The molecule has 4 nitrogen and oxygen atoms in total. The van der Waals surface area contributed by atoms with Crippen molar-refractivity contribution in [2.45, 2.75) is 32.6 Å². The lowest BCUT2D eigenvalue weighted by Gasteiger charge is -2.25. The average Bonchev–Trinajstić information content (AvgIpc) is 2.26. The Morgan fingerprint density at radius 3 is 2.33 bits per heavy atom. The van der Waals surface area contributed by atoms with E-state index in [1.54, 1.807) is 14.2 Å².